The van der Waals surface area contributed by atoms with Gasteiger partial charge in [-0.3, -0.25) is 19.5 Å². The summed E-state index contributed by atoms with van der Waals surface area (Å²) in [4.78, 5) is 38.0. The van der Waals surface area contributed by atoms with Crippen LogP contribution in [0.3, 0.4) is 0 Å². The van der Waals surface area contributed by atoms with Crippen LogP contribution >= 0.6 is 0 Å². The van der Waals surface area contributed by atoms with Crippen molar-refractivity contribution in [2.24, 2.45) is 0 Å². The molecule has 9 heteroatoms. The van der Waals surface area contributed by atoms with Crippen molar-refractivity contribution in [2.75, 3.05) is 13.6 Å². The van der Waals surface area contributed by atoms with Crippen LogP contribution in [0.5, 0.6) is 0 Å². The number of hydrogen-bond acceptors (Lipinski definition) is 6. The van der Waals surface area contributed by atoms with Crippen LogP contribution in [0.25, 0.3) is 16.7 Å². The average Bonchev–Trinajstić information content (AvgIpc) is 3.26. The lowest BCUT2D eigenvalue weighted by molar-refractivity contribution is 0.0958. The summed E-state index contributed by atoms with van der Waals surface area (Å²) in [5.74, 6) is -0.210. The summed E-state index contributed by atoms with van der Waals surface area (Å²) >= 11 is 0. The molecule has 0 bridgehead atoms. The molecular weight excluding hydrogens is 418 g/mol. The zero-order valence-corrected chi connectivity index (χ0v) is 18.6. The second-order valence-corrected chi connectivity index (χ2v) is 8.22. The van der Waals surface area contributed by atoms with Gasteiger partial charge in [-0.05, 0) is 36.2 Å². The molecule has 1 aliphatic rings. The molecule has 0 aromatic carbocycles. The van der Waals surface area contributed by atoms with Crippen LogP contribution in [-0.2, 0) is 25.9 Å². The molecule has 4 aromatic heterocycles. The SMILES string of the molecule is CCc1cc2ncc(CN3CCc4c(cnn4-c4ccc(C(=O)NC)nc4)C3)cc2[nH]c1=O. The highest BCUT2D eigenvalue weighted by atomic mass is 16.1. The maximum atomic E-state index is 12.2. The van der Waals surface area contributed by atoms with E-state index in [0.29, 0.717) is 12.1 Å². The molecule has 0 aliphatic carbocycles. The fourth-order valence-electron chi connectivity index (χ4n) is 4.30. The molecule has 0 unspecified atom stereocenters. The largest absolute Gasteiger partial charge is 0.354 e. The van der Waals surface area contributed by atoms with E-state index in [1.54, 1.807) is 19.3 Å². The second kappa shape index (κ2) is 8.59. The summed E-state index contributed by atoms with van der Waals surface area (Å²) in [6.07, 6.45) is 7.00. The zero-order chi connectivity index (χ0) is 22.9. The minimum absolute atomic E-state index is 0.0446. The molecule has 0 radical (unpaired) electrons. The number of hydrogen-bond donors (Lipinski definition) is 2. The predicted molar refractivity (Wildman–Crippen MR) is 124 cm³/mol. The lowest BCUT2D eigenvalue weighted by atomic mass is 10.1. The molecule has 5 heterocycles. The van der Waals surface area contributed by atoms with Crippen LogP contribution in [0.1, 0.15) is 39.8 Å². The van der Waals surface area contributed by atoms with Gasteiger partial charge in [0, 0.05) is 50.4 Å². The number of nitrogens with one attached hydrogen (secondary N) is 2. The van der Waals surface area contributed by atoms with E-state index in [1.807, 2.05) is 42.2 Å². The van der Waals surface area contributed by atoms with Gasteiger partial charge in [0.1, 0.15) is 5.69 Å². The summed E-state index contributed by atoms with van der Waals surface area (Å²) < 4.78 is 1.90. The van der Waals surface area contributed by atoms with Crippen LogP contribution in [0.4, 0.5) is 0 Å². The van der Waals surface area contributed by atoms with Crippen molar-refractivity contribution in [3.8, 4) is 5.69 Å². The van der Waals surface area contributed by atoms with E-state index >= 15 is 0 Å². The Labute approximate surface area is 190 Å². The Balaban J connectivity index is 1.33. The van der Waals surface area contributed by atoms with Gasteiger partial charge in [0.2, 0.25) is 0 Å². The fourth-order valence-corrected chi connectivity index (χ4v) is 4.30. The minimum Gasteiger partial charge on any atom is -0.354 e. The van der Waals surface area contributed by atoms with Gasteiger partial charge in [0.15, 0.2) is 0 Å². The van der Waals surface area contributed by atoms with E-state index in [-0.39, 0.29) is 11.5 Å². The highest BCUT2D eigenvalue weighted by molar-refractivity contribution is 5.92. The van der Waals surface area contributed by atoms with Crippen LogP contribution in [0.2, 0.25) is 0 Å². The van der Waals surface area contributed by atoms with Gasteiger partial charge in [0.25, 0.3) is 11.5 Å². The molecule has 168 valence electrons. The molecule has 4 aromatic rings. The quantitative estimate of drug-likeness (QED) is 0.488. The number of aromatic amines is 1. The molecule has 2 N–H and O–H groups in total. The molecule has 5 rings (SSSR count). The first-order chi connectivity index (χ1) is 16.1. The van der Waals surface area contributed by atoms with Crippen molar-refractivity contribution < 1.29 is 4.79 Å². The number of amides is 1. The lowest BCUT2D eigenvalue weighted by Crippen LogP contribution is -2.30. The first-order valence-corrected chi connectivity index (χ1v) is 11.0. The number of rotatable bonds is 5. The van der Waals surface area contributed by atoms with Crippen molar-refractivity contribution in [3.63, 3.8) is 0 Å². The smallest absolute Gasteiger partial charge is 0.269 e. The third-order valence-corrected chi connectivity index (χ3v) is 6.08. The third-order valence-electron chi connectivity index (χ3n) is 6.08. The maximum Gasteiger partial charge on any atom is 0.269 e. The Bertz CT molecular complexity index is 1390. The Hall–Kier alpha value is -3.85. The van der Waals surface area contributed by atoms with Crippen LogP contribution in [0, 0.1) is 0 Å². The number of aromatic nitrogens is 5. The van der Waals surface area contributed by atoms with E-state index < -0.39 is 0 Å². The number of carbonyl (C=O) groups is 1. The molecule has 1 amide bonds. The monoisotopic (exact) mass is 443 g/mol. The summed E-state index contributed by atoms with van der Waals surface area (Å²) in [7, 11) is 1.59. The maximum absolute atomic E-state index is 12.2. The van der Waals surface area contributed by atoms with Crippen LogP contribution < -0.4 is 10.9 Å². The summed E-state index contributed by atoms with van der Waals surface area (Å²) in [5.41, 5.74) is 6.91. The molecular formula is C24H25N7O2. The van der Waals surface area contributed by atoms with E-state index in [2.05, 4.69) is 30.3 Å². The van der Waals surface area contributed by atoms with Gasteiger partial charge in [-0.15, -0.1) is 0 Å². The first kappa shape index (κ1) is 21.0. The number of aryl methyl sites for hydroxylation is 1. The van der Waals surface area contributed by atoms with E-state index in [4.69, 9.17) is 0 Å². The van der Waals surface area contributed by atoms with Gasteiger partial charge < -0.3 is 10.3 Å². The van der Waals surface area contributed by atoms with E-state index in [1.165, 1.54) is 5.56 Å². The Morgan fingerprint density at radius 3 is 2.82 bits per heavy atom. The molecule has 0 fully saturated rings. The number of H-pyrrole nitrogens is 1. The topological polar surface area (TPSA) is 109 Å². The van der Waals surface area contributed by atoms with Crippen molar-refractivity contribution in [3.05, 3.63) is 81.3 Å². The van der Waals surface area contributed by atoms with E-state index in [0.717, 1.165) is 59.6 Å². The van der Waals surface area contributed by atoms with Crippen molar-refractivity contribution >= 4 is 16.9 Å². The number of fused-ring (bicyclic) bond motifs is 2. The summed E-state index contributed by atoms with van der Waals surface area (Å²) in [6.45, 7) is 4.37. The van der Waals surface area contributed by atoms with Crippen molar-refractivity contribution in [2.45, 2.75) is 32.9 Å². The van der Waals surface area contributed by atoms with Crippen molar-refractivity contribution in [1.29, 1.82) is 0 Å². The average molecular weight is 444 g/mol. The highest BCUT2D eigenvalue weighted by Gasteiger charge is 2.22. The first-order valence-electron chi connectivity index (χ1n) is 11.0. The second-order valence-electron chi connectivity index (χ2n) is 8.22. The van der Waals surface area contributed by atoms with Gasteiger partial charge in [0.05, 0.1) is 34.8 Å². The van der Waals surface area contributed by atoms with Gasteiger partial charge in [-0.2, -0.15) is 5.10 Å². The predicted octanol–water partition coefficient (Wildman–Crippen LogP) is 1.98. The molecule has 1 aliphatic heterocycles. The zero-order valence-electron chi connectivity index (χ0n) is 18.6. The Morgan fingerprint density at radius 1 is 1.18 bits per heavy atom. The fraction of sp³-hybridized carbons (Fsp3) is 0.292. The standard InChI is InChI=1S/C24H25N7O2/c1-3-16-9-20-21(29-23(16)32)8-15(10-26-20)13-30-7-6-22-17(14-30)11-28-31(22)18-4-5-19(27-12-18)24(33)25-2/h4-5,8-12H,3,6-7,13-14H2,1-2H3,(H,25,33)(H,29,32). The summed E-state index contributed by atoms with van der Waals surface area (Å²) in [5, 5.41) is 7.14. The molecule has 33 heavy (non-hydrogen) atoms. The lowest BCUT2D eigenvalue weighted by Gasteiger charge is -2.27. The number of nitrogens with zero attached hydrogens (tertiary/aromatic N) is 5. The highest BCUT2D eigenvalue weighted by Crippen LogP contribution is 2.23. The van der Waals surface area contributed by atoms with Gasteiger partial charge in [-0.1, -0.05) is 6.92 Å². The molecule has 0 atom stereocenters. The van der Waals surface area contributed by atoms with Crippen LogP contribution in [-0.4, -0.2) is 49.1 Å². The van der Waals surface area contributed by atoms with E-state index in [9.17, 15) is 9.59 Å². The summed E-state index contributed by atoms with van der Waals surface area (Å²) in [6, 6.07) is 7.46. The Kier molecular flexibility index (Phi) is 5.47. The molecule has 0 saturated carbocycles. The van der Waals surface area contributed by atoms with Gasteiger partial charge >= 0.3 is 0 Å². The number of carbonyl (C=O) groups excluding carboxylic acids is 1. The molecule has 0 spiro atoms. The van der Waals surface area contributed by atoms with Crippen LogP contribution in [0.15, 0.2) is 47.7 Å². The molecule has 9 nitrogen and oxygen atoms in total. The van der Waals surface area contributed by atoms with Gasteiger partial charge in [-0.25, -0.2) is 9.67 Å². The normalized spacial score (nSPS) is 13.8. The number of pyridine rings is 3. The third kappa shape index (κ3) is 4.03. The Morgan fingerprint density at radius 2 is 2.06 bits per heavy atom. The minimum atomic E-state index is -0.210. The molecule has 0 saturated heterocycles. The van der Waals surface area contributed by atoms with Crippen molar-refractivity contribution in [1.82, 2.24) is 34.9 Å².